The van der Waals surface area contributed by atoms with Crippen molar-refractivity contribution in [1.29, 1.82) is 5.26 Å². The quantitative estimate of drug-likeness (QED) is 0.716. The van der Waals surface area contributed by atoms with E-state index in [-0.39, 0.29) is 10.9 Å². The SMILES string of the molecule is N#Cc1cc(-c2ccccc2F)[nH]c1SC(=O)c1ccccc1. The van der Waals surface area contributed by atoms with Crippen LogP contribution in [0.15, 0.2) is 65.7 Å². The lowest BCUT2D eigenvalue weighted by atomic mass is 10.1. The van der Waals surface area contributed by atoms with Gasteiger partial charge in [-0.3, -0.25) is 4.79 Å². The van der Waals surface area contributed by atoms with E-state index in [2.05, 4.69) is 4.98 Å². The molecule has 0 amide bonds. The van der Waals surface area contributed by atoms with Gasteiger partial charge in [0.15, 0.2) is 0 Å². The average Bonchev–Trinajstić information content (AvgIpc) is 2.98. The molecule has 0 aliphatic carbocycles. The molecule has 3 nitrogen and oxygen atoms in total. The summed E-state index contributed by atoms with van der Waals surface area (Å²) in [4.78, 5) is 15.2. The molecule has 0 radical (unpaired) electrons. The molecular weight excluding hydrogens is 311 g/mol. The molecule has 0 spiro atoms. The number of hydrogen-bond donors (Lipinski definition) is 1. The number of carbonyl (C=O) groups is 1. The van der Waals surface area contributed by atoms with E-state index in [0.717, 1.165) is 11.8 Å². The number of nitriles is 1. The fourth-order valence-corrected chi connectivity index (χ4v) is 2.96. The summed E-state index contributed by atoms with van der Waals surface area (Å²) in [6.07, 6.45) is 0. The number of carbonyl (C=O) groups excluding carboxylic acids is 1. The second kappa shape index (κ2) is 6.51. The minimum absolute atomic E-state index is 0.177. The molecule has 3 aromatic rings. The zero-order chi connectivity index (χ0) is 16.2. The van der Waals surface area contributed by atoms with Gasteiger partial charge in [-0.05, 0) is 30.0 Å². The van der Waals surface area contributed by atoms with E-state index in [1.54, 1.807) is 48.5 Å². The largest absolute Gasteiger partial charge is 0.348 e. The third kappa shape index (κ3) is 3.17. The topological polar surface area (TPSA) is 56.6 Å². The van der Waals surface area contributed by atoms with E-state index >= 15 is 0 Å². The summed E-state index contributed by atoms with van der Waals surface area (Å²) >= 11 is 0.930. The fraction of sp³-hybridized carbons (Fsp3) is 0. The van der Waals surface area contributed by atoms with Gasteiger partial charge in [0, 0.05) is 11.1 Å². The summed E-state index contributed by atoms with van der Waals surface area (Å²) in [5.74, 6) is -0.385. The Hall–Kier alpha value is -2.84. The summed E-state index contributed by atoms with van der Waals surface area (Å²) in [6, 6.07) is 18.7. The summed E-state index contributed by atoms with van der Waals surface area (Å²) in [7, 11) is 0. The van der Waals surface area contributed by atoms with Gasteiger partial charge in [-0.2, -0.15) is 5.26 Å². The molecule has 1 N–H and O–H groups in total. The smallest absolute Gasteiger partial charge is 0.225 e. The third-order valence-electron chi connectivity index (χ3n) is 3.27. The maximum absolute atomic E-state index is 13.9. The number of H-pyrrole nitrogens is 1. The summed E-state index contributed by atoms with van der Waals surface area (Å²) in [5, 5.41) is 9.48. The van der Waals surface area contributed by atoms with Crippen molar-refractivity contribution < 1.29 is 9.18 Å². The zero-order valence-corrected chi connectivity index (χ0v) is 12.7. The van der Waals surface area contributed by atoms with E-state index in [4.69, 9.17) is 0 Å². The van der Waals surface area contributed by atoms with Gasteiger partial charge < -0.3 is 4.98 Å². The Morgan fingerprint density at radius 3 is 2.48 bits per heavy atom. The van der Waals surface area contributed by atoms with Crippen molar-refractivity contribution in [1.82, 2.24) is 4.98 Å². The van der Waals surface area contributed by atoms with Crippen LogP contribution in [0, 0.1) is 17.1 Å². The fourth-order valence-electron chi connectivity index (χ4n) is 2.15. The maximum Gasteiger partial charge on any atom is 0.225 e. The molecule has 112 valence electrons. The molecule has 3 rings (SSSR count). The number of thioether (sulfide) groups is 1. The van der Waals surface area contributed by atoms with Crippen LogP contribution >= 0.6 is 11.8 Å². The normalized spacial score (nSPS) is 10.3. The lowest BCUT2D eigenvalue weighted by Gasteiger charge is -2.01. The van der Waals surface area contributed by atoms with Crippen LogP contribution in [0.5, 0.6) is 0 Å². The highest BCUT2D eigenvalue weighted by molar-refractivity contribution is 8.14. The molecule has 2 aromatic carbocycles. The molecule has 0 saturated carbocycles. The Kier molecular flexibility index (Phi) is 4.26. The van der Waals surface area contributed by atoms with Crippen LogP contribution in [0.1, 0.15) is 15.9 Å². The van der Waals surface area contributed by atoms with Gasteiger partial charge in [-0.25, -0.2) is 4.39 Å². The molecule has 0 aliphatic rings. The van der Waals surface area contributed by atoms with Gasteiger partial charge in [0.25, 0.3) is 0 Å². The van der Waals surface area contributed by atoms with Crippen LogP contribution < -0.4 is 0 Å². The molecule has 0 atom stereocenters. The van der Waals surface area contributed by atoms with Gasteiger partial charge in [-0.1, -0.05) is 42.5 Å². The van der Waals surface area contributed by atoms with E-state index in [0.29, 0.717) is 27.4 Å². The van der Waals surface area contributed by atoms with E-state index in [1.165, 1.54) is 6.07 Å². The van der Waals surface area contributed by atoms with Crippen molar-refractivity contribution >= 4 is 16.9 Å². The van der Waals surface area contributed by atoms with E-state index in [1.807, 2.05) is 12.1 Å². The molecular formula is C18H11FN2OS. The number of aromatic amines is 1. The molecule has 1 aromatic heterocycles. The molecule has 0 unspecified atom stereocenters. The molecule has 1 heterocycles. The minimum Gasteiger partial charge on any atom is -0.348 e. The highest BCUT2D eigenvalue weighted by Gasteiger charge is 2.16. The predicted octanol–water partition coefficient (Wildman–Crippen LogP) is 4.62. The van der Waals surface area contributed by atoms with E-state index in [9.17, 15) is 14.4 Å². The first-order valence-corrected chi connectivity index (χ1v) is 7.66. The molecule has 0 aliphatic heterocycles. The number of nitrogens with one attached hydrogen (secondary N) is 1. The molecule has 0 bridgehead atoms. The highest BCUT2D eigenvalue weighted by atomic mass is 32.2. The highest BCUT2D eigenvalue weighted by Crippen LogP contribution is 2.31. The van der Waals surface area contributed by atoms with Gasteiger partial charge in [0.1, 0.15) is 11.9 Å². The van der Waals surface area contributed by atoms with Crippen molar-refractivity contribution in [2.24, 2.45) is 0 Å². The summed E-state index contributed by atoms with van der Waals surface area (Å²) < 4.78 is 13.9. The molecule has 23 heavy (non-hydrogen) atoms. The average molecular weight is 322 g/mol. The Balaban J connectivity index is 1.93. The van der Waals surface area contributed by atoms with Gasteiger partial charge in [0.2, 0.25) is 5.12 Å². The molecule has 0 fully saturated rings. The second-order valence-electron chi connectivity index (χ2n) is 4.77. The number of halogens is 1. The zero-order valence-electron chi connectivity index (χ0n) is 11.9. The first kappa shape index (κ1) is 15.1. The maximum atomic E-state index is 13.9. The van der Waals surface area contributed by atoms with Crippen molar-refractivity contribution in [3.8, 4) is 17.3 Å². The number of nitrogens with zero attached hydrogens (tertiary/aromatic N) is 1. The van der Waals surface area contributed by atoms with Gasteiger partial charge in [0.05, 0.1) is 16.3 Å². The van der Waals surface area contributed by atoms with Crippen molar-refractivity contribution in [2.75, 3.05) is 0 Å². The predicted molar refractivity (Wildman–Crippen MR) is 87.5 cm³/mol. The Morgan fingerprint density at radius 2 is 1.78 bits per heavy atom. The van der Waals surface area contributed by atoms with Crippen molar-refractivity contribution in [3.63, 3.8) is 0 Å². The summed E-state index contributed by atoms with van der Waals surface area (Å²) in [5.41, 5.74) is 1.70. The second-order valence-corrected chi connectivity index (χ2v) is 5.76. The minimum atomic E-state index is -0.385. The van der Waals surface area contributed by atoms with Crippen molar-refractivity contribution in [3.05, 3.63) is 77.6 Å². The van der Waals surface area contributed by atoms with Crippen LogP contribution in [0.3, 0.4) is 0 Å². The van der Waals surface area contributed by atoms with Gasteiger partial charge >= 0.3 is 0 Å². The monoisotopic (exact) mass is 322 g/mol. The lowest BCUT2D eigenvalue weighted by molar-refractivity contribution is 0.108. The number of aromatic nitrogens is 1. The van der Waals surface area contributed by atoms with Crippen LogP contribution in [0.2, 0.25) is 0 Å². The number of hydrogen-bond acceptors (Lipinski definition) is 3. The van der Waals surface area contributed by atoms with Crippen LogP contribution in [0.4, 0.5) is 4.39 Å². The molecule has 0 saturated heterocycles. The Bertz CT molecular complexity index is 897. The standard InChI is InChI=1S/C18H11FN2OS/c19-15-9-5-4-8-14(15)16-10-13(11-20)17(21-16)23-18(22)12-6-2-1-3-7-12/h1-10,21H. The number of benzene rings is 2. The van der Waals surface area contributed by atoms with Crippen LogP contribution in [-0.4, -0.2) is 10.1 Å². The first-order chi connectivity index (χ1) is 11.2. The van der Waals surface area contributed by atoms with Crippen molar-refractivity contribution in [2.45, 2.75) is 5.03 Å². The molecule has 5 heteroatoms. The van der Waals surface area contributed by atoms with Crippen LogP contribution in [0.25, 0.3) is 11.3 Å². The summed E-state index contributed by atoms with van der Waals surface area (Å²) in [6.45, 7) is 0. The number of rotatable bonds is 3. The Labute approximate surface area is 136 Å². The lowest BCUT2D eigenvalue weighted by Crippen LogP contribution is -1.93. The Morgan fingerprint density at radius 1 is 1.09 bits per heavy atom. The first-order valence-electron chi connectivity index (χ1n) is 6.84. The van der Waals surface area contributed by atoms with Crippen LogP contribution in [-0.2, 0) is 0 Å². The third-order valence-corrected chi connectivity index (χ3v) is 4.22. The van der Waals surface area contributed by atoms with E-state index < -0.39 is 0 Å². The van der Waals surface area contributed by atoms with Gasteiger partial charge in [-0.15, -0.1) is 0 Å².